The number of Topliss-reactive ketones (excluding diaryl/α,β-unsaturated/α-hetero) is 1. The number of rotatable bonds is 6. The number of benzene rings is 6. The zero-order chi connectivity index (χ0) is 31.1. The Morgan fingerprint density at radius 2 is 1.13 bits per heavy atom. The predicted molar refractivity (Wildman–Crippen MR) is 189 cm³/mol. The number of ketones is 1. The number of carbonyl (C=O) groups is 1. The molecule has 0 saturated carbocycles. The van der Waals surface area contributed by atoms with Crippen LogP contribution in [-0.4, -0.2) is 25.2 Å². The van der Waals surface area contributed by atoms with E-state index in [2.05, 4.69) is 135 Å². The van der Waals surface area contributed by atoms with Crippen molar-refractivity contribution < 1.29 is 14.3 Å². The van der Waals surface area contributed by atoms with Crippen LogP contribution in [0.25, 0.3) is 43.8 Å². The van der Waals surface area contributed by atoms with E-state index in [1.54, 1.807) is 14.2 Å². The van der Waals surface area contributed by atoms with Crippen LogP contribution in [0.3, 0.4) is 0 Å². The van der Waals surface area contributed by atoms with Gasteiger partial charge in [0, 0.05) is 29.6 Å². The predicted octanol–water partition coefficient (Wildman–Crippen LogP) is 10.3. The van der Waals surface area contributed by atoms with Crippen LogP contribution in [0.4, 0.5) is 0 Å². The summed E-state index contributed by atoms with van der Waals surface area (Å²) in [5.41, 5.74) is 5.79. The van der Waals surface area contributed by atoms with E-state index in [4.69, 9.17) is 9.47 Å². The second-order valence-corrected chi connectivity index (χ2v) is 15.5. The Morgan fingerprint density at radius 3 is 1.67 bits per heavy atom. The SMILES string of the molecule is COc1ccc2ccccc2c1-c1cccc(-c2c(OC)ccc3ccccc23)c1P1C(c2ccccc2)CC(=O)CC1(C)C. The average Bonchev–Trinajstić information content (AvgIpc) is 3.06. The Labute approximate surface area is 266 Å². The largest absolute Gasteiger partial charge is 0.496 e. The van der Waals surface area contributed by atoms with Gasteiger partial charge in [-0.1, -0.05) is 131 Å². The number of methoxy groups -OCH3 is 2. The van der Waals surface area contributed by atoms with Crippen molar-refractivity contribution in [1.82, 2.24) is 0 Å². The van der Waals surface area contributed by atoms with E-state index < -0.39 is 7.92 Å². The molecule has 0 bridgehead atoms. The average molecular weight is 609 g/mol. The number of hydrogen-bond acceptors (Lipinski definition) is 3. The van der Waals surface area contributed by atoms with E-state index in [0.717, 1.165) is 55.3 Å². The van der Waals surface area contributed by atoms with Gasteiger partial charge in [0.25, 0.3) is 0 Å². The molecule has 0 aliphatic carbocycles. The molecule has 0 aromatic heterocycles. The molecular weight excluding hydrogens is 571 g/mol. The van der Waals surface area contributed by atoms with Crippen molar-refractivity contribution in [1.29, 1.82) is 0 Å². The van der Waals surface area contributed by atoms with Crippen LogP contribution in [0.15, 0.2) is 121 Å². The van der Waals surface area contributed by atoms with Gasteiger partial charge in [-0.15, -0.1) is 0 Å². The van der Waals surface area contributed by atoms with E-state index in [0.29, 0.717) is 18.6 Å². The maximum atomic E-state index is 13.5. The maximum absolute atomic E-state index is 13.5. The van der Waals surface area contributed by atoms with E-state index in [1.807, 2.05) is 0 Å². The molecule has 2 atom stereocenters. The normalized spacial score (nSPS) is 17.8. The molecule has 1 fully saturated rings. The Kier molecular flexibility index (Phi) is 7.68. The van der Waals surface area contributed by atoms with E-state index in [9.17, 15) is 4.79 Å². The second-order valence-electron chi connectivity index (χ2n) is 12.5. The number of fused-ring (bicyclic) bond motifs is 2. The topological polar surface area (TPSA) is 35.5 Å². The summed E-state index contributed by atoms with van der Waals surface area (Å²) in [6, 6.07) is 42.9. The van der Waals surface area contributed by atoms with Gasteiger partial charge in [-0.25, -0.2) is 0 Å². The molecule has 0 amide bonds. The molecule has 1 aliphatic heterocycles. The van der Waals surface area contributed by atoms with Gasteiger partial charge in [0.2, 0.25) is 0 Å². The minimum Gasteiger partial charge on any atom is -0.496 e. The fraction of sp³-hybridized carbons (Fsp3) is 0.195. The first-order valence-electron chi connectivity index (χ1n) is 15.5. The van der Waals surface area contributed by atoms with Gasteiger partial charge in [0.15, 0.2) is 0 Å². The molecule has 1 aliphatic rings. The first-order valence-corrected chi connectivity index (χ1v) is 16.9. The van der Waals surface area contributed by atoms with E-state index in [-0.39, 0.29) is 10.8 Å². The minimum absolute atomic E-state index is 0.0688. The van der Waals surface area contributed by atoms with Gasteiger partial charge >= 0.3 is 0 Å². The van der Waals surface area contributed by atoms with Crippen molar-refractivity contribution in [2.24, 2.45) is 0 Å². The van der Waals surface area contributed by atoms with Gasteiger partial charge in [-0.05, 0) is 60.8 Å². The highest BCUT2D eigenvalue weighted by atomic mass is 31.1. The van der Waals surface area contributed by atoms with E-state index in [1.165, 1.54) is 10.9 Å². The molecule has 1 saturated heterocycles. The molecule has 7 rings (SSSR count). The highest BCUT2D eigenvalue weighted by Crippen LogP contribution is 2.67. The third-order valence-corrected chi connectivity index (χ3v) is 12.8. The summed E-state index contributed by atoms with van der Waals surface area (Å²) < 4.78 is 12.2. The monoisotopic (exact) mass is 608 g/mol. The number of hydrogen-bond donors (Lipinski definition) is 0. The van der Waals surface area contributed by atoms with Gasteiger partial charge in [-0.3, -0.25) is 4.79 Å². The quantitative estimate of drug-likeness (QED) is 0.177. The Bertz CT molecular complexity index is 1940. The fourth-order valence-electron chi connectivity index (χ4n) is 7.37. The molecule has 3 nitrogen and oxygen atoms in total. The van der Waals surface area contributed by atoms with Gasteiger partial charge in [0.1, 0.15) is 17.3 Å². The Morgan fingerprint density at radius 1 is 0.622 bits per heavy atom. The van der Waals surface area contributed by atoms with Gasteiger partial charge in [-0.2, -0.15) is 0 Å². The van der Waals surface area contributed by atoms with Gasteiger partial charge < -0.3 is 9.47 Å². The summed E-state index contributed by atoms with van der Waals surface area (Å²) in [6.45, 7) is 4.60. The second kappa shape index (κ2) is 11.8. The van der Waals surface area contributed by atoms with Crippen molar-refractivity contribution in [3.8, 4) is 33.8 Å². The molecule has 1 heterocycles. The summed E-state index contributed by atoms with van der Waals surface area (Å²) in [7, 11) is 2.57. The summed E-state index contributed by atoms with van der Waals surface area (Å²) >= 11 is 0. The molecule has 45 heavy (non-hydrogen) atoms. The fourth-order valence-corrected chi connectivity index (χ4v) is 11.2. The van der Waals surface area contributed by atoms with Crippen molar-refractivity contribution in [3.63, 3.8) is 0 Å². The maximum Gasteiger partial charge on any atom is 0.134 e. The molecule has 0 radical (unpaired) electrons. The lowest BCUT2D eigenvalue weighted by atomic mass is 9.91. The van der Waals surface area contributed by atoms with Crippen molar-refractivity contribution in [2.75, 3.05) is 14.2 Å². The number of ether oxygens (including phenoxy) is 2. The lowest BCUT2D eigenvalue weighted by Crippen LogP contribution is -2.36. The third kappa shape index (κ3) is 5.10. The lowest BCUT2D eigenvalue weighted by molar-refractivity contribution is -0.119. The van der Waals surface area contributed by atoms with Crippen LogP contribution < -0.4 is 14.8 Å². The summed E-state index contributed by atoms with van der Waals surface area (Å²) in [4.78, 5) is 13.5. The van der Waals surface area contributed by atoms with Crippen LogP contribution in [0.1, 0.15) is 37.9 Å². The zero-order valence-corrected chi connectivity index (χ0v) is 27.1. The molecule has 0 N–H and O–H groups in total. The molecule has 224 valence electrons. The van der Waals surface area contributed by atoms with Crippen LogP contribution in [0, 0.1) is 0 Å². The Hall–Kier alpha value is -4.46. The van der Waals surface area contributed by atoms with E-state index >= 15 is 0 Å². The van der Waals surface area contributed by atoms with Crippen LogP contribution in [0.2, 0.25) is 0 Å². The smallest absolute Gasteiger partial charge is 0.134 e. The highest BCUT2D eigenvalue weighted by molar-refractivity contribution is 7.68. The van der Waals surface area contributed by atoms with Crippen molar-refractivity contribution >= 4 is 40.6 Å². The first-order chi connectivity index (χ1) is 21.9. The summed E-state index contributed by atoms with van der Waals surface area (Å²) in [6.07, 6.45) is 1.08. The van der Waals surface area contributed by atoms with Crippen LogP contribution >= 0.6 is 7.92 Å². The first kappa shape index (κ1) is 29.3. The molecule has 0 spiro atoms. The van der Waals surface area contributed by atoms with Crippen molar-refractivity contribution in [3.05, 3.63) is 127 Å². The molecular formula is C41H37O3P. The molecule has 4 heteroatoms. The number of carbonyl (C=O) groups excluding carboxylic acids is 1. The van der Waals surface area contributed by atoms with Crippen molar-refractivity contribution in [2.45, 2.75) is 37.5 Å². The van der Waals surface area contributed by atoms with Crippen LogP contribution in [0.5, 0.6) is 11.5 Å². The molecule has 6 aromatic rings. The Balaban J connectivity index is 1.65. The lowest BCUT2D eigenvalue weighted by Gasteiger charge is -2.46. The summed E-state index contributed by atoms with van der Waals surface area (Å²) in [5.74, 6) is 2.01. The standard InChI is InChI=1S/C41H37O3P/c1-41(2)26-30(42)25-37(29-15-6-5-7-16-29)45(41)40-33(38-31-17-10-8-13-27(31)21-23-35(38)43-3)19-12-20-34(40)39-32-18-11-9-14-28(32)22-24-36(39)44-4/h5-24,37H,25-26H2,1-4H3. The van der Waals surface area contributed by atoms with Crippen LogP contribution in [-0.2, 0) is 4.79 Å². The summed E-state index contributed by atoms with van der Waals surface area (Å²) in [5, 5.41) is 5.67. The minimum atomic E-state index is -0.943. The molecule has 6 aromatic carbocycles. The molecule has 2 unspecified atom stereocenters. The van der Waals surface area contributed by atoms with Gasteiger partial charge in [0.05, 0.1) is 14.2 Å². The highest BCUT2D eigenvalue weighted by Gasteiger charge is 2.46. The zero-order valence-electron chi connectivity index (χ0n) is 26.2. The third-order valence-electron chi connectivity index (χ3n) is 9.24.